The maximum absolute atomic E-state index is 10.7. The molecule has 0 saturated carbocycles. The molecule has 3 nitrogen and oxygen atoms in total. The Bertz CT molecular complexity index is 307. The number of rotatable bonds is 1. The van der Waals surface area contributed by atoms with Crippen molar-refractivity contribution in [2.45, 2.75) is 20.8 Å². The molecule has 0 aromatic carbocycles. The molecule has 0 bridgehead atoms. The van der Waals surface area contributed by atoms with Crippen molar-refractivity contribution in [3.8, 4) is 0 Å². The summed E-state index contributed by atoms with van der Waals surface area (Å²) >= 11 is 0. The molecule has 1 aromatic rings. The van der Waals surface area contributed by atoms with Crippen LogP contribution < -0.4 is 5.32 Å². The number of nitrogens with one attached hydrogen (secondary N) is 1. The summed E-state index contributed by atoms with van der Waals surface area (Å²) in [5.74, 6) is 0.558. The zero-order valence-corrected chi connectivity index (χ0v) is 7.51. The number of hydrogen-bond acceptors (Lipinski definition) is 2. The van der Waals surface area contributed by atoms with E-state index in [1.165, 1.54) is 6.92 Å². The van der Waals surface area contributed by atoms with Gasteiger partial charge < -0.3 is 5.32 Å². The molecule has 1 amide bonds. The van der Waals surface area contributed by atoms with Crippen LogP contribution in [0.1, 0.15) is 18.1 Å². The lowest BCUT2D eigenvalue weighted by atomic mass is 10.2. The number of anilines is 1. The molecule has 0 unspecified atom stereocenters. The van der Waals surface area contributed by atoms with Gasteiger partial charge in [-0.2, -0.15) is 0 Å². The predicted molar refractivity (Wildman–Crippen MR) is 48.0 cm³/mol. The SMILES string of the molecule is CC(=O)Nc1ncc(C)cc1C. The van der Waals surface area contributed by atoms with Crippen molar-refractivity contribution < 1.29 is 4.79 Å². The average molecular weight is 164 g/mol. The van der Waals surface area contributed by atoms with Crippen molar-refractivity contribution in [1.29, 1.82) is 0 Å². The van der Waals surface area contributed by atoms with E-state index in [0.717, 1.165) is 11.1 Å². The Hall–Kier alpha value is -1.38. The molecule has 12 heavy (non-hydrogen) atoms. The van der Waals surface area contributed by atoms with E-state index in [-0.39, 0.29) is 5.91 Å². The van der Waals surface area contributed by atoms with E-state index in [1.807, 2.05) is 19.9 Å². The fourth-order valence-corrected chi connectivity index (χ4v) is 1.01. The van der Waals surface area contributed by atoms with E-state index in [9.17, 15) is 4.79 Å². The molecule has 0 aliphatic carbocycles. The molecule has 1 rings (SSSR count). The third kappa shape index (κ3) is 2.05. The first-order valence-corrected chi connectivity index (χ1v) is 3.80. The molecule has 64 valence electrons. The van der Waals surface area contributed by atoms with Crippen molar-refractivity contribution in [3.63, 3.8) is 0 Å². The number of amides is 1. The largest absolute Gasteiger partial charge is 0.311 e. The molecule has 1 heterocycles. The lowest BCUT2D eigenvalue weighted by molar-refractivity contribution is -0.114. The number of nitrogens with zero attached hydrogens (tertiary/aromatic N) is 1. The van der Waals surface area contributed by atoms with Gasteiger partial charge in [-0.3, -0.25) is 4.79 Å². The molecule has 0 saturated heterocycles. The van der Waals surface area contributed by atoms with Crippen LogP contribution in [0, 0.1) is 13.8 Å². The Kier molecular flexibility index (Phi) is 2.43. The van der Waals surface area contributed by atoms with Gasteiger partial charge in [0.05, 0.1) is 0 Å². The first kappa shape index (κ1) is 8.71. The van der Waals surface area contributed by atoms with Crippen LogP contribution in [-0.4, -0.2) is 10.9 Å². The molecule has 1 aromatic heterocycles. The highest BCUT2D eigenvalue weighted by atomic mass is 16.1. The van der Waals surface area contributed by atoms with Gasteiger partial charge in [0.25, 0.3) is 0 Å². The first-order chi connectivity index (χ1) is 5.59. The average Bonchev–Trinajstić information content (AvgIpc) is 1.94. The van der Waals surface area contributed by atoms with Crippen LogP contribution in [0.2, 0.25) is 0 Å². The quantitative estimate of drug-likeness (QED) is 0.685. The van der Waals surface area contributed by atoms with Gasteiger partial charge in [-0.05, 0) is 25.0 Å². The number of aromatic nitrogens is 1. The van der Waals surface area contributed by atoms with Crippen molar-refractivity contribution in [2.75, 3.05) is 5.32 Å². The molecule has 0 aliphatic rings. The van der Waals surface area contributed by atoms with Gasteiger partial charge in [-0.1, -0.05) is 6.07 Å². The van der Waals surface area contributed by atoms with Crippen LogP contribution in [0.25, 0.3) is 0 Å². The Morgan fingerprint density at radius 2 is 2.17 bits per heavy atom. The topological polar surface area (TPSA) is 42.0 Å². The van der Waals surface area contributed by atoms with Gasteiger partial charge in [0.1, 0.15) is 5.82 Å². The van der Waals surface area contributed by atoms with Crippen LogP contribution in [0.5, 0.6) is 0 Å². The van der Waals surface area contributed by atoms with Gasteiger partial charge >= 0.3 is 0 Å². The summed E-state index contributed by atoms with van der Waals surface area (Å²) < 4.78 is 0. The summed E-state index contributed by atoms with van der Waals surface area (Å²) in [4.78, 5) is 14.8. The van der Waals surface area contributed by atoms with Gasteiger partial charge in [-0.25, -0.2) is 4.98 Å². The van der Waals surface area contributed by atoms with E-state index in [1.54, 1.807) is 6.20 Å². The highest BCUT2D eigenvalue weighted by Crippen LogP contribution is 2.11. The Labute approximate surface area is 71.8 Å². The summed E-state index contributed by atoms with van der Waals surface area (Å²) in [6.07, 6.45) is 1.73. The number of hydrogen-bond donors (Lipinski definition) is 1. The second-order valence-electron chi connectivity index (χ2n) is 2.86. The molecule has 1 N–H and O–H groups in total. The number of carbonyl (C=O) groups excluding carboxylic acids is 1. The van der Waals surface area contributed by atoms with Crippen LogP contribution in [0.3, 0.4) is 0 Å². The highest BCUT2D eigenvalue weighted by Gasteiger charge is 2.00. The predicted octanol–water partition coefficient (Wildman–Crippen LogP) is 1.66. The minimum absolute atomic E-state index is 0.0885. The summed E-state index contributed by atoms with van der Waals surface area (Å²) in [5, 5.41) is 2.65. The molecular formula is C9H12N2O. The molecule has 0 spiro atoms. The summed E-state index contributed by atoms with van der Waals surface area (Å²) in [6, 6.07) is 1.98. The van der Waals surface area contributed by atoms with E-state index in [4.69, 9.17) is 0 Å². The lowest BCUT2D eigenvalue weighted by Crippen LogP contribution is -2.08. The van der Waals surface area contributed by atoms with Gasteiger partial charge in [0, 0.05) is 13.1 Å². The summed E-state index contributed by atoms with van der Waals surface area (Å²) in [5.41, 5.74) is 2.09. The van der Waals surface area contributed by atoms with Crippen LogP contribution in [-0.2, 0) is 4.79 Å². The molecule has 0 atom stereocenters. The smallest absolute Gasteiger partial charge is 0.222 e. The van der Waals surface area contributed by atoms with Crippen LogP contribution >= 0.6 is 0 Å². The molecule has 0 aliphatic heterocycles. The number of carbonyl (C=O) groups is 1. The molecular weight excluding hydrogens is 152 g/mol. The van der Waals surface area contributed by atoms with Crippen LogP contribution in [0.4, 0.5) is 5.82 Å². The fraction of sp³-hybridized carbons (Fsp3) is 0.333. The van der Waals surface area contributed by atoms with Crippen molar-refractivity contribution in [3.05, 3.63) is 23.4 Å². The minimum atomic E-state index is -0.0885. The fourth-order valence-electron chi connectivity index (χ4n) is 1.01. The summed E-state index contributed by atoms with van der Waals surface area (Å²) in [6.45, 7) is 5.36. The van der Waals surface area contributed by atoms with Crippen molar-refractivity contribution >= 4 is 11.7 Å². The second kappa shape index (κ2) is 3.34. The summed E-state index contributed by atoms with van der Waals surface area (Å²) in [7, 11) is 0. The molecule has 0 radical (unpaired) electrons. The zero-order chi connectivity index (χ0) is 9.14. The van der Waals surface area contributed by atoms with Crippen molar-refractivity contribution in [2.24, 2.45) is 0 Å². The Morgan fingerprint density at radius 1 is 1.50 bits per heavy atom. The van der Waals surface area contributed by atoms with E-state index < -0.39 is 0 Å². The Morgan fingerprint density at radius 3 is 2.67 bits per heavy atom. The second-order valence-corrected chi connectivity index (χ2v) is 2.86. The standard InChI is InChI=1S/C9H12N2O/c1-6-4-7(2)9(10-5-6)11-8(3)12/h4-5H,1-3H3,(H,10,11,12). The maximum atomic E-state index is 10.7. The van der Waals surface area contributed by atoms with Crippen LogP contribution in [0.15, 0.2) is 12.3 Å². The van der Waals surface area contributed by atoms with Crippen molar-refractivity contribution in [1.82, 2.24) is 4.98 Å². The minimum Gasteiger partial charge on any atom is -0.311 e. The normalized spacial score (nSPS) is 9.58. The first-order valence-electron chi connectivity index (χ1n) is 3.80. The lowest BCUT2D eigenvalue weighted by Gasteiger charge is -2.04. The number of pyridine rings is 1. The third-order valence-corrected chi connectivity index (χ3v) is 1.51. The number of aryl methyl sites for hydroxylation is 2. The zero-order valence-electron chi connectivity index (χ0n) is 7.51. The third-order valence-electron chi connectivity index (χ3n) is 1.51. The van der Waals surface area contributed by atoms with Gasteiger partial charge in [0.15, 0.2) is 0 Å². The van der Waals surface area contributed by atoms with E-state index >= 15 is 0 Å². The molecule has 0 fully saturated rings. The monoisotopic (exact) mass is 164 g/mol. The van der Waals surface area contributed by atoms with Gasteiger partial charge in [0.2, 0.25) is 5.91 Å². The van der Waals surface area contributed by atoms with Gasteiger partial charge in [-0.15, -0.1) is 0 Å². The maximum Gasteiger partial charge on any atom is 0.222 e. The Balaban J connectivity index is 2.93. The molecule has 3 heteroatoms. The highest BCUT2D eigenvalue weighted by molar-refractivity contribution is 5.88. The van der Waals surface area contributed by atoms with E-state index in [2.05, 4.69) is 10.3 Å². The van der Waals surface area contributed by atoms with E-state index in [0.29, 0.717) is 5.82 Å².